The molecule has 0 amide bonds. The lowest BCUT2D eigenvalue weighted by atomic mass is 10.2. The summed E-state index contributed by atoms with van der Waals surface area (Å²) in [4.78, 5) is 0. The van der Waals surface area contributed by atoms with Crippen molar-refractivity contribution in [3.63, 3.8) is 0 Å². The van der Waals surface area contributed by atoms with Gasteiger partial charge in [0.2, 0.25) is 0 Å². The first-order valence-electron chi connectivity index (χ1n) is 6.21. The van der Waals surface area contributed by atoms with Crippen LogP contribution in [0, 0.1) is 6.92 Å². The molecule has 0 fully saturated rings. The van der Waals surface area contributed by atoms with E-state index in [-0.39, 0.29) is 6.10 Å². The summed E-state index contributed by atoms with van der Waals surface area (Å²) >= 11 is 0. The van der Waals surface area contributed by atoms with Gasteiger partial charge < -0.3 is 14.9 Å². The first-order valence-corrected chi connectivity index (χ1v) is 6.21. The van der Waals surface area contributed by atoms with E-state index in [9.17, 15) is 0 Å². The fourth-order valence-electron chi connectivity index (χ4n) is 1.86. The molecule has 18 heavy (non-hydrogen) atoms. The van der Waals surface area contributed by atoms with E-state index in [0.29, 0.717) is 13.2 Å². The van der Waals surface area contributed by atoms with Crippen molar-refractivity contribution in [2.75, 3.05) is 13.2 Å². The smallest absolute Gasteiger partial charge is 0.134 e. The monoisotopic (exact) mass is 245 g/mol. The second-order valence-electron chi connectivity index (χ2n) is 4.28. The number of ether oxygens (including phenoxy) is 1. The van der Waals surface area contributed by atoms with Crippen LogP contribution in [0.2, 0.25) is 0 Å². The second-order valence-corrected chi connectivity index (χ2v) is 4.28. The number of benzene rings is 1. The Kier molecular flexibility index (Phi) is 4.56. The Hall–Kier alpha value is -1.58. The Morgan fingerprint density at radius 1 is 1.17 bits per heavy atom. The van der Waals surface area contributed by atoms with Gasteiger partial charge in [0.15, 0.2) is 0 Å². The molecule has 1 aromatic carbocycles. The first kappa shape index (κ1) is 12.9. The maximum absolute atomic E-state index is 5.78. The molecular formula is C15H19NO2. The predicted octanol–water partition coefficient (Wildman–Crippen LogP) is 2.85. The molecule has 0 aliphatic carbocycles. The van der Waals surface area contributed by atoms with Gasteiger partial charge in [-0.05, 0) is 31.0 Å². The quantitative estimate of drug-likeness (QED) is 0.851. The molecule has 0 aliphatic heterocycles. The Bertz CT molecular complexity index is 464. The van der Waals surface area contributed by atoms with Crippen LogP contribution in [0.3, 0.4) is 0 Å². The summed E-state index contributed by atoms with van der Waals surface area (Å²) in [6.45, 7) is 2.99. The van der Waals surface area contributed by atoms with Crippen molar-refractivity contribution >= 4 is 0 Å². The van der Waals surface area contributed by atoms with Crippen LogP contribution in [0.1, 0.15) is 23.2 Å². The van der Waals surface area contributed by atoms with Crippen LogP contribution in [0.25, 0.3) is 0 Å². The SMILES string of the molecule is Cc1ccc(C(CN)OCCc2ccccc2)o1. The van der Waals surface area contributed by atoms with E-state index in [1.54, 1.807) is 0 Å². The van der Waals surface area contributed by atoms with Crippen molar-refractivity contribution in [3.05, 3.63) is 59.5 Å². The summed E-state index contributed by atoms with van der Waals surface area (Å²) in [6.07, 6.45) is 0.735. The van der Waals surface area contributed by atoms with Gasteiger partial charge in [0, 0.05) is 6.54 Å². The van der Waals surface area contributed by atoms with Crippen LogP contribution in [-0.2, 0) is 11.2 Å². The number of hydrogen-bond acceptors (Lipinski definition) is 3. The highest BCUT2D eigenvalue weighted by atomic mass is 16.5. The fraction of sp³-hybridized carbons (Fsp3) is 0.333. The highest BCUT2D eigenvalue weighted by molar-refractivity contribution is 5.14. The van der Waals surface area contributed by atoms with Gasteiger partial charge >= 0.3 is 0 Å². The van der Waals surface area contributed by atoms with Gasteiger partial charge in [-0.3, -0.25) is 0 Å². The molecule has 2 rings (SSSR count). The summed E-state index contributed by atoms with van der Waals surface area (Å²) in [5.74, 6) is 1.69. The number of hydrogen-bond donors (Lipinski definition) is 1. The molecule has 1 atom stereocenters. The summed E-state index contributed by atoms with van der Waals surface area (Å²) in [6, 6.07) is 14.1. The second kappa shape index (κ2) is 6.38. The molecule has 3 heteroatoms. The lowest BCUT2D eigenvalue weighted by Gasteiger charge is -2.13. The van der Waals surface area contributed by atoms with Crippen LogP contribution >= 0.6 is 0 Å². The van der Waals surface area contributed by atoms with Crippen molar-refractivity contribution < 1.29 is 9.15 Å². The average molecular weight is 245 g/mol. The Morgan fingerprint density at radius 3 is 2.56 bits per heavy atom. The molecule has 0 spiro atoms. The zero-order chi connectivity index (χ0) is 12.8. The zero-order valence-electron chi connectivity index (χ0n) is 10.6. The third-order valence-electron chi connectivity index (χ3n) is 2.85. The molecular weight excluding hydrogens is 226 g/mol. The molecule has 0 saturated carbocycles. The van der Waals surface area contributed by atoms with Gasteiger partial charge in [0.25, 0.3) is 0 Å². The van der Waals surface area contributed by atoms with Gasteiger partial charge in [0.1, 0.15) is 17.6 Å². The summed E-state index contributed by atoms with van der Waals surface area (Å²) in [5, 5.41) is 0. The third kappa shape index (κ3) is 3.45. The Morgan fingerprint density at radius 2 is 1.94 bits per heavy atom. The van der Waals surface area contributed by atoms with Crippen LogP contribution in [0.4, 0.5) is 0 Å². The van der Waals surface area contributed by atoms with Crippen molar-refractivity contribution in [1.82, 2.24) is 0 Å². The zero-order valence-corrected chi connectivity index (χ0v) is 10.6. The maximum Gasteiger partial charge on any atom is 0.134 e. The molecule has 1 unspecified atom stereocenters. The number of rotatable bonds is 6. The van der Waals surface area contributed by atoms with Crippen molar-refractivity contribution in [3.8, 4) is 0 Å². The van der Waals surface area contributed by atoms with Crippen LogP contribution in [-0.4, -0.2) is 13.2 Å². The average Bonchev–Trinajstić information content (AvgIpc) is 2.82. The molecule has 3 nitrogen and oxygen atoms in total. The van der Waals surface area contributed by atoms with E-state index in [1.807, 2.05) is 37.3 Å². The van der Waals surface area contributed by atoms with Crippen molar-refractivity contribution in [2.45, 2.75) is 19.4 Å². The maximum atomic E-state index is 5.78. The van der Waals surface area contributed by atoms with Crippen molar-refractivity contribution in [1.29, 1.82) is 0 Å². The van der Waals surface area contributed by atoms with Gasteiger partial charge in [0.05, 0.1) is 6.61 Å². The fourth-order valence-corrected chi connectivity index (χ4v) is 1.86. The molecule has 0 saturated heterocycles. The molecule has 0 aliphatic rings. The molecule has 2 aromatic rings. The van der Waals surface area contributed by atoms with Crippen molar-refractivity contribution in [2.24, 2.45) is 5.73 Å². The lowest BCUT2D eigenvalue weighted by molar-refractivity contribution is 0.0453. The summed E-state index contributed by atoms with van der Waals surface area (Å²) in [5.41, 5.74) is 6.98. The molecule has 2 N–H and O–H groups in total. The third-order valence-corrected chi connectivity index (χ3v) is 2.85. The van der Waals surface area contributed by atoms with E-state index in [4.69, 9.17) is 14.9 Å². The van der Waals surface area contributed by atoms with Crippen LogP contribution < -0.4 is 5.73 Å². The normalized spacial score (nSPS) is 12.6. The minimum absolute atomic E-state index is 0.151. The summed E-state index contributed by atoms with van der Waals surface area (Å²) in [7, 11) is 0. The molecule has 1 heterocycles. The van der Waals surface area contributed by atoms with Crippen LogP contribution in [0.5, 0.6) is 0 Å². The Labute approximate surface area is 108 Å². The minimum Gasteiger partial charge on any atom is -0.464 e. The lowest BCUT2D eigenvalue weighted by Crippen LogP contribution is -2.16. The van der Waals surface area contributed by atoms with E-state index in [1.165, 1.54) is 5.56 Å². The van der Waals surface area contributed by atoms with Crippen LogP contribution in [0.15, 0.2) is 46.9 Å². The van der Waals surface area contributed by atoms with E-state index in [0.717, 1.165) is 17.9 Å². The molecule has 0 bridgehead atoms. The minimum atomic E-state index is -0.151. The van der Waals surface area contributed by atoms with Gasteiger partial charge in [-0.1, -0.05) is 30.3 Å². The van der Waals surface area contributed by atoms with Gasteiger partial charge in [-0.25, -0.2) is 0 Å². The summed E-state index contributed by atoms with van der Waals surface area (Å²) < 4.78 is 11.3. The first-order chi connectivity index (χ1) is 8.79. The number of furan rings is 1. The molecule has 1 aromatic heterocycles. The van der Waals surface area contributed by atoms with E-state index in [2.05, 4.69) is 12.1 Å². The largest absolute Gasteiger partial charge is 0.464 e. The van der Waals surface area contributed by atoms with E-state index < -0.39 is 0 Å². The van der Waals surface area contributed by atoms with E-state index >= 15 is 0 Å². The highest BCUT2D eigenvalue weighted by Gasteiger charge is 2.13. The highest BCUT2D eigenvalue weighted by Crippen LogP contribution is 2.19. The standard InChI is InChI=1S/C15H19NO2/c1-12-7-8-14(18-12)15(11-16)17-10-9-13-5-3-2-4-6-13/h2-8,15H,9-11,16H2,1H3. The van der Waals surface area contributed by atoms with Gasteiger partial charge in [-0.2, -0.15) is 0 Å². The number of nitrogens with two attached hydrogens (primary N) is 1. The molecule has 96 valence electrons. The molecule has 0 radical (unpaired) electrons. The number of aryl methyl sites for hydroxylation is 1. The predicted molar refractivity (Wildman–Crippen MR) is 71.3 cm³/mol. The van der Waals surface area contributed by atoms with Gasteiger partial charge in [-0.15, -0.1) is 0 Å². The Balaban J connectivity index is 1.85. The topological polar surface area (TPSA) is 48.4 Å².